The number of rotatable bonds is 9. The molecule has 9 N–H and O–H groups in total. The molecule has 16 nitrogen and oxygen atoms in total. The molecule has 208 valence electrons. The molecule has 6 atom stereocenters. The van der Waals surface area contributed by atoms with Crippen LogP contribution in [0.5, 0.6) is 0 Å². The topological polar surface area (TPSA) is 243 Å². The predicted molar refractivity (Wildman–Crippen MR) is 137 cm³/mol. The molecule has 39 heavy (non-hydrogen) atoms. The van der Waals surface area contributed by atoms with E-state index in [1.165, 1.54) is 17.9 Å². The number of nitrogens with one attached hydrogen (secondary N) is 4. The van der Waals surface area contributed by atoms with Crippen molar-refractivity contribution >= 4 is 41.7 Å². The number of fused-ring (bicyclic) bond motifs is 2. The highest BCUT2D eigenvalue weighted by atomic mass is 31.2. The average molecular weight is 562 g/mol. The Morgan fingerprint density at radius 2 is 2.10 bits per heavy atom. The highest BCUT2D eigenvalue weighted by Crippen LogP contribution is 2.40. The minimum absolute atomic E-state index is 0.00858. The maximum atomic E-state index is 12.9. The van der Waals surface area contributed by atoms with E-state index in [-0.39, 0.29) is 23.5 Å². The third-order valence-corrected chi connectivity index (χ3v) is 7.59. The van der Waals surface area contributed by atoms with Crippen molar-refractivity contribution in [2.45, 2.75) is 37.0 Å². The standard InChI is InChI=1S/C22H27N8O8P/c1-24-19(33)13(6-10-7-25-12-5-3-2-4-11(10)12)29-39(35,36)37-8-14-16(31)17(32)21(38-14)30-9-26-15-18(30)27-22(23)28-20(15)34/h2-5,7,9,13-14,16-17,21,25,31-32H,6,8H2,1H3,(H,24,33)(H2,29,35,36)(H3,23,27,28,34)/t13-,14+,16+,17+,21+/m0/s1. The van der Waals surface area contributed by atoms with Crippen LogP contribution in [0.15, 0.2) is 41.6 Å². The Kier molecular flexibility index (Phi) is 7.26. The van der Waals surface area contributed by atoms with Crippen molar-refractivity contribution in [3.8, 4) is 0 Å². The van der Waals surface area contributed by atoms with E-state index in [0.29, 0.717) is 0 Å². The average Bonchev–Trinajstić information content (AvgIpc) is 3.58. The van der Waals surface area contributed by atoms with Gasteiger partial charge in [0.15, 0.2) is 17.4 Å². The second-order valence-corrected chi connectivity index (χ2v) is 10.6. The summed E-state index contributed by atoms with van der Waals surface area (Å²) in [6, 6.07) is 6.29. The van der Waals surface area contributed by atoms with E-state index in [1.54, 1.807) is 6.20 Å². The number of H-pyrrole nitrogens is 2. The number of hydrogen-bond acceptors (Lipinski definition) is 10. The Hall–Kier alpha value is -3.63. The highest BCUT2D eigenvalue weighted by molar-refractivity contribution is 7.50. The zero-order valence-electron chi connectivity index (χ0n) is 20.5. The molecular formula is C22H27N8O8P. The largest absolute Gasteiger partial charge is 0.403 e. The number of aromatic nitrogens is 5. The van der Waals surface area contributed by atoms with Gasteiger partial charge in [0.1, 0.15) is 24.4 Å². The zero-order chi connectivity index (χ0) is 27.9. The summed E-state index contributed by atoms with van der Waals surface area (Å²) < 4.78 is 25.0. The Labute approximate surface area is 219 Å². The van der Waals surface area contributed by atoms with Crippen LogP contribution in [-0.4, -0.2) is 83.5 Å². The number of aliphatic hydroxyl groups excluding tert-OH is 2. The molecule has 0 aliphatic carbocycles. The SMILES string of the molecule is CNC(=O)[C@H](Cc1c[nH]c2ccccc12)NP(=O)(O)OC[C@H]1O[C@@H](n2cnc3c(=O)[nH]c(N)nc32)[C@H](O)[C@@H]1O. The van der Waals surface area contributed by atoms with Gasteiger partial charge in [-0.05, 0) is 18.1 Å². The fraction of sp³-hybridized carbons (Fsp3) is 0.364. The normalized spacial score (nSPS) is 23.7. The number of nitrogen functional groups attached to an aromatic ring is 1. The summed E-state index contributed by atoms with van der Waals surface area (Å²) in [7, 11) is -3.21. The molecule has 4 heterocycles. The van der Waals surface area contributed by atoms with Gasteiger partial charge in [0, 0.05) is 24.1 Å². The van der Waals surface area contributed by atoms with Crippen LogP contribution in [0.2, 0.25) is 0 Å². The van der Waals surface area contributed by atoms with Gasteiger partial charge in [-0.15, -0.1) is 0 Å². The van der Waals surface area contributed by atoms with E-state index in [2.05, 4.69) is 30.3 Å². The van der Waals surface area contributed by atoms with Crippen molar-refractivity contribution < 1.29 is 33.7 Å². The lowest BCUT2D eigenvalue weighted by Crippen LogP contribution is -2.43. The van der Waals surface area contributed by atoms with Crippen LogP contribution in [0.4, 0.5) is 5.95 Å². The maximum Gasteiger partial charge on any atom is 0.403 e. The number of amides is 1. The van der Waals surface area contributed by atoms with Gasteiger partial charge in [-0.1, -0.05) is 18.2 Å². The molecule has 3 aromatic heterocycles. The first-order valence-electron chi connectivity index (χ1n) is 11.8. The van der Waals surface area contributed by atoms with Gasteiger partial charge in [-0.2, -0.15) is 4.98 Å². The molecule has 1 aromatic carbocycles. The molecule has 1 aliphatic heterocycles. The summed E-state index contributed by atoms with van der Waals surface area (Å²) in [6.45, 7) is -0.619. The molecule has 4 aromatic rings. The third kappa shape index (κ3) is 5.31. The lowest BCUT2D eigenvalue weighted by molar-refractivity contribution is -0.122. The zero-order valence-corrected chi connectivity index (χ0v) is 21.4. The number of imidazole rings is 1. The van der Waals surface area contributed by atoms with E-state index in [1.807, 2.05) is 24.3 Å². The second kappa shape index (κ2) is 10.5. The van der Waals surface area contributed by atoms with E-state index in [0.717, 1.165) is 16.5 Å². The van der Waals surface area contributed by atoms with Gasteiger partial charge in [0.2, 0.25) is 11.9 Å². The van der Waals surface area contributed by atoms with E-state index < -0.39 is 56.4 Å². The number of ether oxygens (including phenoxy) is 1. The van der Waals surface area contributed by atoms with Crippen molar-refractivity contribution in [3.63, 3.8) is 0 Å². The fourth-order valence-corrected chi connectivity index (χ4v) is 5.55. The van der Waals surface area contributed by atoms with Crippen molar-refractivity contribution in [1.29, 1.82) is 0 Å². The van der Waals surface area contributed by atoms with Gasteiger partial charge in [-0.3, -0.25) is 23.7 Å². The predicted octanol–water partition coefficient (Wildman–Crippen LogP) is -1.13. The van der Waals surface area contributed by atoms with Gasteiger partial charge in [0.05, 0.1) is 12.9 Å². The number of carbonyl (C=O) groups excluding carboxylic acids is 1. The minimum atomic E-state index is -4.61. The van der Waals surface area contributed by atoms with Crippen LogP contribution >= 0.6 is 7.75 Å². The first kappa shape index (κ1) is 27.0. The van der Waals surface area contributed by atoms with Gasteiger partial charge in [0.25, 0.3) is 5.56 Å². The number of likely N-dealkylation sites (N-methyl/N-ethyl adjacent to an activating group) is 1. The molecule has 1 fully saturated rings. The smallest absolute Gasteiger partial charge is 0.387 e. The summed E-state index contributed by atoms with van der Waals surface area (Å²) in [6.07, 6.45) is -2.59. The number of nitrogens with two attached hydrogens (primary N) is 1. The van der Waals surface area contributed by atoms with Crippen molar-refractivity contribution in [2.24, 2.45) is 0 Å². The molecule has 0 saturated carbocycles. The number of anilines is 1. The molecule has 5 rings (SSSR count). The van der Waals surface area contributed by atoms with E-state index >= 15 is 0 Å². The molecule has 0 radical (unpaired) electrons. The Bertz CT molecular complexity index is 1620. The van der Waals surface area contributed by atoms with Crippen LogP contribution in [0, 0.1) is 0 Å². The number of benzene rings is 1. The summed E-state index contributed by atoms with van der Waals surface area (Å²) in [5, 5.41) is 26.8. The van der Waals surface area contributed by atoms with Crippen LogP contribution in [0.3, 0.4) is 0 Å². The molecule has 1 unspecified atom stereocenters. The maximum absolute atomic E-state index is 12.9. The first-order chi connectivity index (χ1) is 18.6. The van der Waals surface area contributed by atoms with Crippen molar-refractivity contribution in [2.75, 3.05) is 19.4 Å². The number of para-hydroxylation sites is 1. The molecule has 0 bridgehead atoms. The monoisotopic (exact) mass is 562 g/mol. The molecule has 1 amide bonds. The summed E-state index contributed by atoms with van der Waals surface area (Å²) in [5.41, 5.74) is 6.54. The first-order valence-corrected chi connectivity index (χ1v) is 13.4. The lowest BCUT2D eigenvalue weighted by Gasteiger charge is -2.22. The van der Waals surface area contributed by atoms with Crippen molar-refractivity contribution in [3.05, 3.63) is 52.7 Å². The number of aromatic amines is 2. The fourth-order valence-electron chi connectivity index (χ4n) is 4.53. The second-order valence-electron chi connectivity index (χ2n) is 9.00. The number of nitrogens with zero attached hydrogens (tertiary/aromatic N) is 3. The molecular weight excluding hydrogens is 535 g/mol. The lowest BCUT2D eigenvalue weighted by atomic mass is 10.1. The Morgan fingerprint density at radius 1 is 1.33 bits per heavy atom. The van der Waals surface area contributed by atoms with E-state index in [9.17, 15) is 29.3 Å². The number of aliphatic hydroxyl groups is 2. The molecule has 1 saturated heterocycles. The summed E-state index contributed by atoms with van der Waals surface area (Å²) in [4.78, 5) is 48.4. The van der Waals surface area contributed by atoms with Crippen molar-refractivity contribution in [1.82, 2.24) is 34.9 Å². The Balaban J connectivity index is 1.28. The number of hydrogen-bond donors (Lipinski definition) is 8. The summed E-state index contributed by atoms with van der Waals surface area (Å²) >= 11 is 0. The van der Waals surface area contributed by atoms with Gasteiger partial charge < -0.3 is 35.9 Å². The molecule has 17 heteroatoms. The minimum Gasteiger partial charge on any atom is -0.387 e. The van der Waals surface area contributed by atoms with E-state index in [4.69, 9.17) is 15.0 Å². The summed E-state index contributed by atoms with van der Waals surface area (Å²) in [5.74, 6) is -0.729. The van der Waals surface area contributed by atoms with Gasteiger partial charge in [-0.25, -0.2) is 14.6 Å². The van der Waals surface area contributed by atoms with Gasteiger partial charge >= 0.3 is 7.75 Å². The van der Waals surface area contributed by atoms with Crippen LogP contribution in [0.1, 0.15) is 11.8 Å². The Morgan fingerprint density at radius 3 is 2.87 bits per heavy atom. The van der Waals surface area contributed by atoms with Crippen LogP contribution in [0.25, 0.3) is 22.1 Å². The number of carbonyl (C=O) groups is 1. The molecule has 1 aliphatic rings. The van der Waals surface area contributed by atoms with Crippen LogP contribution < -0.4 is 21.7 Å². The van der Waals surface area contributed by atoms with Crippen LogP contribution in [-0.2, 0) is 25.0 Å². The third-order valence-electron chi connectivity index (χ3n) is 6.46. The molecule has 0 spiro atoms. The quantitative estimate of drug-likeness (QED) is 0.113. The highest BCUT2D eigenvalue weighted by Gasteiger charge is 2.45.